The van der Waals surface area contributed by atoms with Crippen molar-refractivity contribution in [3.8, 4) is 11.5 Å². The van der Waals surface area contributed by atoms with Crippen molar-refractivity contribution in [2.45, 2.75) is 27.2 Å². The molecule has 152 valence electrons. The van der Waals surface area contributed by atoms with Gasteiger partial charge >= 0.3 is 5.97 Å². The van der Waals surface area contributed by atoms with Crippen LogP contribution in [0, 0.1) is 19.8 Å². The van der Waals surface area contributed by atoms with Crippen LogP contribution < -0.4 is 14.8 Å². The van der Waals surface area contributed by atoms with E-state index in [4.69, 9.17) is 9.47 Å². The number of benzene rings is 1. The van der Waals surface area contributed by atoms with E-state index in [1.54, 1.807) is 18.7 Å². The molecular formula is C20H27N3O5. The predicted octanol–water partition coefficient (Wildman–Crippen LogP) is 1.87. The maximum atomic E-state index is 12.1. The van der Waals surface area contributed by atoms with Gasteiger partial charge in [-0.1, -0.05) is 12.1 Å². The number of amides is 1. The summed E-state index contributed by atoms with van der Waals surface area (Å²) in [5.74, 6) is -0.759. The third-order valence-electron chi connectivity index (χ3n) is 4.40. The van der Waals surface area contributed by atoms with E-state index >= 15 is 0 Å². The fourth-order valence-corrected chi connectivity index (χ4v) is 2.81. The van der Waals surface area contributed by atoms with Gasteiger partial charge in [-0.15, -0.1) is 0 Å². The molecule has 1 aromatic carbocycles. The van der Waals surface area contributed by atoms with Crippen molar-refractivity contribution in [3.05, 3.63) is 41.2 Å². The Morgan fingerprint density at radius 3 is 2.43 bits per heavy atom. The number of nitrogens with zero attached hydrogens (tertiary/aromatic N) is 2. The van der Waals surface area contributed by atoms with Crippen molar-refractivity contribution in [1.29, 1.82) is 0 Å². The lowest BCUT2D eigenvalue weighted by Crippen LogP contribution is -2.36. The predicted molar refractivity (Wildman–Crippen MR) is 104 cm³/mol. The summed E-state index contributed by atoms with van der Waals surface area (Å²) < 4.78 is 12.6. The fourth-order valence-electron chi connectivity index (χ4n) is 2.81. The van der Waals surface area contributed by atoms with Gasteiger partial charge in [0.2, 0.25) is 0 Å². The third-order valence-corrected chi connectivity index (χ3v) is 4.40. The highest BCUT2D eigenvalue weighted by molar-refractivity contribution is 5.78. The smallest absolute Gasteiger partial charge is 0.308 e. The number of hydrogen-bond donors (Lipinski definition) is 2. The van der Waals surface area contributed by atoms with Gasteiger partial charge in [0.25, 0.3) is 5.91 Å². The molecule has 0 aliphatic carbocycles. The first-order valence-electron chi connectivity index (χ1n) is 9.16. The minimum absolute atomic E-state index is 0.0236. The highest BCUT2D eigenvalue weighted by Crippen LogP contribution is 2.21. The van der Waals surface area contributed by atoms with Crippen molar-refractivity contribution in [3.63, 3.8) is 0 Å². The Labute approximate surface area is 164 Å². The summed E-state index contributed by atoms with van der Waals surface area (Å²) in [6.07, 6.45) is 0.309. The summed E-state index contributed by atoms with van der Waals surface area (Å²) in [5, 5.41) is 16.3. The lowest BCUT2D eigenvalue weighted by Gasteiger charge is -2.14. The molecule has 1 atom stereocenters. The van der Waals surface area contributed by atoms with Gasteiger partial charge in [-0.2, -0.15) is 5.10 Å². The largest absolute Gasteiger partial charge is 0.494 e. The molecule has 2 rings (SSSR count). The number of aromatic nitrogens is 2. The van der Waals surface area contributed by atoms with Crippen LogP contribution in [0.1, 0.15) is 23.9 Å². The second kappa shape index (κ2) is 9.77. The molecule has 1 heterocycles. The molecule has 0 spiro atoms. The van der Waals surface area contributed by atoms with Crippen LogP contribution in [0.15, 0.2) is 24.3 Å². The van der Waals surface area contributed by atoms with Crippen LogP contribution in [0.25, 0.3) is 0 Å². The lowest BCUT2D eigenvalue weighted by atomic mass is 9.99. The molecule has 2 N–H and O–H groups in total. The zero-order chi connectivity index (χ0) is 20.7. The number of aliphatic carboxylic acids is 1. The second-order valence-electron chi connectivity index (χ2n) is 6.53. The van der Waals surface area contributed by atoms with E-state index in [1.807, 2.05) is 38.1 Å². The first-order chi connectivity index (χ1) is 13.3. The lowest BCUT2D eigenvalue weighted by molar-refractivity contribution is -0.141. The maximum Gasteiger partial charge on any atom is 0.308 e. The van der Waals surface area contributed by atoms with Crippen molar-refractivity contribution >= 4 is 11.9 Å². The van der Waals surface area contributed by atoms with Crippen molar-refractivity contribution in [1.82, 2.24) is 15.1 Å². The van der Waals surface area contributed by atoms with E-state index < -0.39 is 11.9 Å². The Balaban J connectivity index is 1.86. The maximum absolute atomic E-state index is 12.1. The normalized spacial score (nSPS) is 11.7. The van der Waals surface area contributed by atoms with Crippen LogP contribution in [0.3, 0.4) is 0 Å². The minimum Gasteiger partial charge on any atom is -0.494 e. The van der Waals surface area contributed by atoms with Gasteiger partial charge in [0, 0.05) is 13.6 Å². The number of carbonyl (C=O) groups excluding carboxylic acids is 1. The molecule has 8 heteroatoms. The Bertz CT molecular complexity index is 814. The topological polar surface area (TPSA) is 103 Å². The van der Waals surface area contributed by atoms with Crippen LogP contribution in [0.2, 0.25) is 0 Å². The van der Waals surface area contributed by atoms with Crippen LogP contribution in [-0.2, 0) is 23.1 Å². The van der Waals surface area contributed by atoms with Crippen molar-refractivity contribution in [2.24, 2.45) is 13.0 Å². The molecule has 0 radical (unpaired) electrons. The first-order valence-corrected chi connectivity index (χ1v) is 9.16. The van der Waals surface area contributed by atoms with Gasteiger partial charge in [-0.05, 0) is 44.9 Å². The summed E-state index contributed by atoms with van der Waals surface area (Å²) in [5.41, 5.74) is 2.39. The van der Waals surface area contributed by atoms with E-state index in [1.165, 1.54) is 0 Å². The Hall–Kier alpha value is -3.03. The zero-order valence-corrected chi connectivity index (χ0v) is 16.7. The average Bonchev–Trinajstić information content (AvgIpc) is 2.90. The molecule has 1 unspecified atom stereocenters. The van der Waals surface area contributed by atoms with E-state index in [2.05, 4.69) is 10.4 Å². The van der Waals surface area contributed by atoms with Crippen LogP contribution >= 0.6 is 0 Å². The van der Waals surface area contributed by atoms with Crippen molar-refractivity contribution in [2.75, 3.05) is 19.8 Å². The number of nitrogens with one attached hydrogen (secondary N) is 1. The summed E-state index contributed by atoms with van der Waals surface area (Å²) in [6.45, 7) is 5.96. The summed E-state index contributed by atoms with van der Waals surface area (Å²) in [6, 6.07) is 7.28. The average molecular weight is 389 g/mol. The summed E-state index contributed by atoms with van der Waals surface area (Å²) in [7, 11) is 1.80. The monoisotopic (exact) mass is 389 g/mol. The summed E-state index contributed by atoms with van der Waals surface area (Å²) in [4.78, 5) is 23.6. The van der Waals surface area contributed by atoms with Crippen molar-refractivity contribution < 1.29 is 24.2 Å². The number of carbonyl (C=O) groups is 2. The van der Waals surface area contributed by atoms with E-state index in [9.17, 15) is 14.7 Å². The molecule has 1 aromatic heterocycles. The quantitative estimate of drug-likeness (QED) is 0.643. The molecule has 0 saturated carbocycles. The SMILES string of the molecule is CCOc1ccc(CC(CNC(=O)COc2c(C)nn(C)c2C)C(=O)O)cc1. The first kappa shape index (κ1) is 21.3. The van der Waals surface area contributed by atoms with E-state index in [-0.39, 0.29) is 19.1 Å². The molecule has 0 bridgehead atoms. The van der Waals surface area contributed by atoms with E-state index in [0.717, 1.165) is 17.0 Å². The Kier molecular flexibility index (Phi) is 7.43. The van der Waals surface area contributed by atoms with Gasteiger partial charge in [0.1, 0.15) is 11.4 Å². The Morgan fingerprint density at radius 1 is 1.21 bits per heavy atom. The highest BCUT2D eigenvalue weighted by atomic mass is 16.5. The van der Waals surface area contributed by atoms with Gasteiger partial charge in [-0.3, -0.25) is 14.3 Å². The van der Waals surface area contributed by atoms with E-state index in [0.29, 0.717) is 24.5 Å². The highest BCUT2D eigenvalue weighted by Gasteiger charge is 2.20. The molecule has 2 aromatic rings. The molecule has 0 fully saturated rings. The molecule has 0 aliphatic rings. The number of aryl methyl sites for hydroxylation is 2. The van der Waals surface area contributed by atoms with Gasteiger partial charge in [-0.25, -0.2) is 0 Å². The zero-order valence-electron chi connectivity index (χ0n) is 16.7. The summed E-state index contributed by atoms with van der Waals surface area (Å²) >= 11 is 0. The van der Waals surface area contributed by atoms with Crippen LogP contribution in [-0.4, -0.2) is 46.5 Å². The number of carboxylic acids is 1. The molecule has 0 saturated heterocycles. The number of rotatable bonds is 10. The minimum atomic E-state index is -0.964. The van der Waals surface area contributed by atoms with Crippen LogP contribution in [0.4, 0.5) is 0 Å². The van der Waals surface area contributed by atoms with Gasteiger partial charge in [0.05, 0.1) is 18.2 Å². The second-order valence-corrected chi connectivity index (χ2v) is 6.53. The number of ether oxygens (including phenoxy) is 2. The molecule has 8 nitrogen and oxygen atoms in total. The Morgan fingerprint density at radius 2 is 1.89 bits per heavy atom. The number of carboxylic acid groups (broad SMARTS) is 1. The van der Waals surface area contributed by atoms with Crippen LogP contribution in [0.5, 0.6) is 11.5 Å². The molecular weight excluding hydrogens is 362 g/mol. The molecule has 1 amide bonds. The standard InChI is InChI=1S/C20H27N3O5/c1-5-27-17-8-6-15(7-9-17)10-16(20(25)26)11-21-18(24)12-28-19-13(2)22-23(4)14(19)3/h6-9,16H,5,10-12H2,1-4H3,(H,21,24)(H,25,26). The molecule has 28 heavy (non-hydrogen) atoms. The third kappa shape index (κ3) is 5.73. The van der Waals surface area contributed by atoms with Gasteiger partial charge < -0.3 is 19.9 Å². The number of hydrogen-bond acceptors (Lipinski definition) is 5. The van der Waals surface area contributed by atoms with Gasteiger partial charge in [0.15, 0.2) is 12.4 Å². The molecule has 0 aliphatic heterocycles. The fraction of sp³-hybridized carbons (Fsp3) is 0.450.